The molecule has 2 heterocycles. The van der Waals surface area contributed by atoms with Gasteiger partial charge >= 0.3 is 0 Å². The lowest BCUT2D eigenvalue weighted by Crippen LogP contribution is -2.25. The molecule has 2 aliphatic heterocycles. The number of aliphatic imine (C=N–C) groups is 1. The third-order valence-corrected chi connectivity index (χ3v) is 5.56. The van der Waals surface area contributed by atoms with E-state index < -0.39 is 0 Å². The van der Waals surface area contributed by atoms with Gasteiger partial charge in [0, 0.05) is 31.1 Å². The summed E-state index contributed by atoms with van der Waals surface area (Å²) in [5.74, 6) is 1.31. The normalized spacial score (nSPS) is 29.7. The van der Waals surface area contributed by atoms with Crippen molar-refractivity contribution in [2.75, 3.05) is 19.3 Å². The van der Waals surface area contributed by atoms with E-state index in [0.29, 0.717) is 16.5 Å². The van der Waals surface area contributed by atoms with E-state index in [1.54, 1.807) is 18.0 Å². The smallest absolute Gasteiger partial charge is 0.121 e. The lowest BCUT2D eigenvalue weighted by Gasteiger charge is -2.24. The first kappa shape index (κ1) is 16.7. The van der Waals surface area contributed by atoms with Crippen LogP contribution < -0.4 is 10.5 Å². The van der Waals surface area contributed by atoms with Gasteiger partial charge in [0.1, 0.15) is 11.7 Å². The standard InChI is InChI=1S/C16H21FN4S2/c1-22-21-6-2-3-11(10-21)7-13(17)8-15-14(9-18)19-16(20-23-15)12-4-5-12/h2-3,7-9,11-12H,4-6,10,18H2,1H3,(H,19,20)/b13-7+,14-9-,15-8+. The average molecular weight is 353 g/mol. The van der Waals surface area contributed by atoms with E-state index in [9.17, 15) is 4.39 Å². The van der Waals surface area contributed by atoms with E-state index in [0.717, 1.165) is 31.8 Å². The molecular formula is C16H21FN4S2. The zero-order valence-electron chi connectivity index (χ0n) is 13.0. The highest BCUT2D eigenvalue weighted by atomic mass is 32.2. The largest absolute Gasteiger partial charge is 0.403 e. The molecule has 0 aromatic rings. The van der Waals surface area contributed by atoms with Gasteiger partial charge in [0.25, 0.3) is 0 Å². The zero-order valence-corrected chi connectivity index (χ0v) is 14.7. The predicted octanol–water partition coefficient (Wildman–Crippen LogP) is 3.35. The molecule has 23 heavy (non-hydrogen) atoms. The first-order valence-electron chi connectivity index (χ1n) is 7.68. The minimum absolute atomic E-state index is 0.0884. The Morgan fingerprint density at radius 2 is 2.39 bits per heavy atom. The van der Waals surface area contributed by atoms with E-state index in [4.69, 9.17) is 5.73 Å². The second-order valence-corrected chi connectivity index (χ2v) is 7.44. The van der Waals surface area contributed by atoms with Crippen molar-refractivity contribution >= 4 is 29.7 Å². The molecule has 7 heteroatoms. The average Bonchev–Trinajstić information content (AvgIpc) is 3.40. The van der Waals surface area contributed by atoms with Crippen LogP contribution in [-0.2, 0) is 0 Å². The van der Waals surface area contributed by atoms with Gasteiger partial charge in [0.2, 0.25) is 0 Å². The van der Waals surface area contributed by atoms with Crippen LogP contribution in [0.1, 0.15) is 12.8 Å². The SMILES string of the molecule is CSN1CC=CC(\C=C(F)/C=C2/SNC(C3CC3)=N/C2=C\N)C1. The van der Waals surface area contributed by atoms with Crippen LogP contribution in [-0.4, -0.2) is 29.5 Å². The summed E-state index contributed by atoms with van der Waals surface area (Å²) in [6.45, 7) is 1.73. The maximum atomic E-state index is 14.3. The molecule has 4 nitrogen and oxygen atoms in total. The van der Waals surface area contributed by atoms with Crippen molar-refractivity contribution in [3.63, 3.8) is 0 Å². The van der Waals surface area contributed by atoms with Gasteiger partial charge in [0.15, 0.2) is 0 Å². The summed E-state index contributed by atoms with van der Waals surface area (Å²) < 4.78 is 19.8. The van der Waals surface area contributed by atoms with Gasteiger partial charge in [-0.25, -0.2) is 13.7 Å². The Labute approximate surface area is 145 Å². The van der Waals surface area contributed by atoms with Crippen molar-refractivity contribution < 1.29 is 4.39 Å². The highest BCUT2D eigenvalue weighted by molar-refractivity contribution is 8.02. The quantitative estimate of drug-likeness (QED) is 0.600. The number of nitrogens with one attached hydrogen (secondary N) is 1. The summed E-state index contributed by atoms with van der Waals surface area (Å²) in [5.41, 5.74) is 6.30. The Bertz CT molecular complexity index is 605. The van der Waals surface area contributed by atoms with Crippen LogP contribution in [0, 0.1) is 11.8 Å². The topological polar surface area (TPSA) is 53.6 Å². The number of hydrogen-bond acceptors (Lipinski definition) is 6. The monoisotopic (exact) mass is 352 g/mol. The number of nitrogens with zero attached hydrogens (tertiary/aromatic N) is 2. The number of halogens is 1. The van der Waals surface area contributed by atoms with E-state index in [-0.39, 0.29) is 11.7 Å². The van der Waals surface area contributed by atoms with Crippen molar-refractivity contribution in [3.05, 3.63) is 46.9 Å². The molecule has 0 saturated heterocycles. The Balaban J connectivity index is 1.71. The van der Waals surface area contributed by atoms with E-state index in [1.165, 1.54) is 24.2 Å². The molecule has 124 valence electrons. The maximum Gasteiger partial charge on any atom is 0.121 e. The third kappa shape index (κ3) is 4.43. The second-order valence-electron chi connectivity index (χ2n) is 5.71. The molecule has 0 radical (unpaired) electrons. The van der Waals surface area contributed by atoms with Crippen LogP contribution >= 0.6 is 23.9 Å². The van der Waals surface area contributed by atoms with Crippen molar-refractivity contribution in [2.45, 2.75) is 12.8 Å². The summed E-state index contributed by atoms with van der Waals surface area (Å²) >= 11 is 3.07. The van der Waals surface area contributed by atoms with Crippen molar-refractivity contribution in [1.29, 1.82) is 0 Å². The zero-order chi connectivity index (χ0) is 16.2. The molecular weight excluding hydrogens is 331 g/mol. The third-order valence-electron chi connectivity index (χ3n) is 3.89. The van der Waals surface area contributed by atoms with Gasteiger partial charge in [-0.2, -0.15) is 0 Å². The molecule has 1 unspecified atom stereocenters. The van der Waals surface area contributed by atoms with Crippen LogP contribution in [0.2, 0.25) is 0 Å². The van der Waals surface area contributed by atoms with Gasteiger partial charge in [-0.05, 0) is 43.2 Å². The molecule has 1 aliphatic carbocycles. The van der Waals surface area contributed by atoms with Crippen LogP contribution in [0.25, 0.3) is 0 Å². The number of rotatable bonds is 4. The van der Waals surface area contributed by atoms with Crippen molar-refractivity contribution in [2.24, 2.45) is 22.6 Å². The first-order valence-corrected chi connectivity index (χ1v) is 9.68. The van der Waals surface area contributed by atoms with Gasteiger partial charge < -0.3 is 10.5 Å². The molecule has 0 aromatic heterocycles. The van der Waals surface area contributed by atoms with Gasteiger partial charge in [-0.3, -0.25) is 0 Å². The highest BCUT2D eigenvalue weighted by Crippen LogP contribution is 2.36. The first-order chi connectivity index (χ1) is 11.2. The number of hydrogen-bond donors (Lipinski definition) is 2. The van der Waals surface area contributed by atoms with Gasteiger partial charge in [0.05, 0.1) is 10.6 Å². The molecule has 0 amide bonds. The second kappa shape index (κ2) is 7.59. The summed E-state index contributed by atoms with van der Waals surface area (Å²) in [7, 11) is 0. The Kier molecular flexibility index (Phi) is 5.50. The Morgan fingerprint density at radius 3 is 3.09 bits per heavy atom. The summed E-state index contributed by atoms with van der Waals surface area (Å²) in [4.78, 5) is 5.22. The maximum absolute atomic E-state index is 14.3. The molecule has 1 atom stereocenters. The molecule has 1 saturated carbocycles. The summed E-state index contributed by atoms with van der Waals surface area (Å²) in [6.07, 6.45) is 13.1. The number of allylic oxidation sites excluding steroid dienone is 2. The molecule has 3 aliphatic rings. The van der Waals surface area contributed by atoms with Gasteiger partial charge in [-0.15, -0.1) is 0 Å². The summed E-state index contributed by atoms with van der Waals surface area (Å²) in [6, 6.07) is 0. The highest BCUT2D eigenvalue weighted by Gasteiger charge is 2.30. The fourth-order valence-corrected chi connectivity index (χ4v) is 3.85. The minimum atomic E-state index is -0.253. The van der Waals surface area contributed by atoms with Crippen LogP contribution in [0.4, 0.5) is 4.39 Å². The van der Waals surface area contributed by atoms with Crippen LogP contribution in [0.3, 0.4) is 0 Å². The fourth-order valence-electron chi connectivity index (χ4n) is 2.48. The van der Waals surface area contributed by atoms with Crippen molar-refractivity contribution in [3.8, 4) is 0 Å². The summed E-state index contributed by atoms with van der Waals surface area (Å²) in [5, 5.41) is 0. The van der Waals surface area contributed by atoms with Crippen LogP contribution in [0.5, 0.6) is 0 Å². The molecule has 0 aromatic carbocycles. The fraction of sp³-hybridized carbons (Fsp3) is 0.438. The minimum Gasteiger partial charge on any atom is -0.403 e. The van der Waals surface area contributed by atoms with Crippen LogP contribution in [0.15, 0.2) is 51.9 Å². The van der Waals surface area contributed by atoms with Gasteiger partial charge in [-0.1, -0.05) is 24.1 Å². The molecule has 3 rings (SSSR count). The molecule has 3 N–H and O–H groups in total. The molecule has 0 spiro atoms. The number of nitrogens with two attached hydrogens (primary N) is 1. The Hall–Kier alpha value is -1.18. The lowest BCUT2D eigenvalue weighted by molar-refractivity contribution is 0.460. The van der Waals surface area contributed by atoms with E-state index in [2.05, 4.69) is 26.2 Å². The lowest BCUT2D eigenvalue weighted by atomic mass is 10.1. The molecule has 1 fully saturated rings. The van der Waals surface area contributed by atoms with E-state index >= 15 is 0 Å². The van der Waals surface area contributed by atoms with E-state index in [1.807, 2.05) is 6.26 Å². The van der Waals surface area contributed by atoms with Crippen molar-refractivity contribution in [1.82, 2.24) is 9.03 Å². The molecule has 0 bridgehead atoms. The number of amidine groups is 1. The predicted molar refractivity (Wildman–Crippen MR) is 98.1 cm³/mol. The Morgan fingerprint density at radius 1 is 1.57 bits per heavy atom.